The third kappa shape index (κ3) is 3.06. The average molecular weight is 308 g/mol. The molecule has 1 aliphatic heterocycles. The Labute approximate surface area is 126 Å². The van der Waals surface area contributed by atoms with Crippen molar-refractivity contribution >= 4 is 0 Å². The molecule has 0 aliphatic carbocycles. The van der Waals surface area contributed by atoms with Gasteiger partial charge in [-0.3, -0.25) is 0 Å². The molecule has 0 radical (unpaired) electrons. The number of nitrogens with one attached hydrogen (secondary N) is 1. The van der Waals surface area contributed by atoms with Crippen molar-refractivity contribution in [1.29, 1.82) is 0 Å². The molecule has 0 bridgehead atoms. The predicted octanol–water partition coefficient (Wildman–Crippen LogP) is 3.23. The molecule has 1 N–H and O–H groups in total. The largest absolute Gasteiger partial charge is 0.467 e. The number of halogens is 3. The maximum absolute atomic E-state index is 13.8. The Kier molecular flexibility index (Phi) is 4.29. The van der Waals surface area contributed by atoms with Crippen molar-refractivity contribution in [3.63, 3.8) is 0 Å². The van der Waals surface area contributed by atoms with E-state index in [2.05, 4.69) is 10.3 Å². The van der Waals surface area contributed by atoms with Crippen LogP contribution in [0.1, 0.15) is 18.1 Å². The van der Waals surface area contributed by atoms with E-state index in [1.54, 1.807) is 0 Å². The molecule has 0 spiro atoms. The molecule has 1 aromatic heterocycles. The normalized spacial score (nSPS) is 19.1. The lowest BCUT2D eigenvalue weighted by atomic mass is 9.95. The number of hydrogen-bond donors (Lipinski definition) is 1. The van der Waals surface area contributed by atoms with Crippen molar-refractivity contribution in [2.75, 3.05) is 13.1 Å². The summed E-state index contributed by atoms with van der Waals surface area (Å²) in [7, 11) is 0. The van der Waals surface area contributed by atoms with Crippen molar-refractivity contribution in [2.24, 2.45) is 5.92 Å². The van der Waals surface area contributed by atoms with Crippen LogP contribution in [-0.2, 0) is 0 Å². The molecule has 1 saturated heterocycles. The number of pyridine rings is 1. The van der Waals surface area contributed by atoms with Gasteiger partial charge in [0, 0.05) is 18.5 Å². The Bertz CT molecular complexity index is 645. The van der Waals surface area contributed by atoms with Crippen LogP contribution < -0.4 is 10.1 Å². The van der Waals surface area contributed by atoms with E-state index in [4.69, 9.17) is 4.74 Å². The van der Waals surface area contributed by atoms with Gasteiger partial charge in [0.1, 0.15) is 6.10 Å². The smallest absolute Gasteiger partial charge is 0.253 e. The van der Waals surface area contributed by atoms with Gasteiger partial charge in [0.2, 0.25) is 0 Å². The van der Waals surface area contributed by atoms with Gasteiger partial charge in [0.15, 0.2) is 11.6 Å². The molecule has 2 aromatic rings. The number of nitrogens with zero attached hydrogens (tertiary/aromatic N) is 1. The third-order valence-corrected chi connectivity index (χ3v) is 3.75. The summed E-state index contributed by atoms with van der Waals surface area (Å²) in [6.45, 7) is 1.55. The van der Waals surface area contributed by atoms with Crippen molar-refractivity contribution < 1.29 is 17.9 Å². The highest BCUT2D eigenvalue weighted by atomic mass is 19.2. The first-order valence-corrected chi connectivity index (χ1v) is 7.09. The standard InChI is InChI=1S/C16H15F3N2O/c17-12-8-13(18)16(21-15(12)19)22-14(11-6-7-20-9-11)10-4-2-1-3-5-10/h1-5,8,11,14,20H,6-7,9H2/t11?,14-/m1/s1. The van der Waals surface area contributed by atoms with Crippen LogP contribution in [0.15, 0.2) is 36.4 Å². The Morgan fingerprint density at radius 3 is 2.59 bits per heavy atom. The maximum atomic E-state index is 13.8. The highest BCUT2D eigenvalue weighted by Crippen LogP contribution is 2.32. The zero-order chi connectivity index (χ0) is 15.5. The summed E-state index contributed by atoms with van der Waals surface area (Å²) in [5.41, 5.74) is 0.849. The van der Waals surface area contributed by atoms with Crippen molar-refractivity contribution in [3.05, 3.63) is 59.5 Å². The molecule has 0 amide bonds. The molecule has 6 heteroatoms. The lowest BCUT2D eigenvalue weighted by molar-refractivity contribution is 0.129. The molecule has 2 heterocycles. The van der Waals surface area contributed by atoms with Crippen LogP contribution >= 0.6 is 0 Å². The topological polar surface area (TPSA) is 34.1 Å². The first-order chi connectivity index (χ1) is 10.6. The fourth-order valence-electron chi connectivity index (χ4n) is 2.65. The Hall–Kier alpha value is -2.08. The van der Waals surface area contributed by atoms with Gasteiger partial charge in [-0.15, -0.1) is 0 Å². The number of hydrogen-bond acceptors (Lipinski definition) is 3. The molecule has 1 aromatic carbocycles. The molecular formula is C16H15F3N2O. The Morgan fingerprint density at radius 1 is 1.14 bits per heavy atom. The van der Waals surface area contributed by atoms with Crippen LogP contribution in [0.3, 0.4) is 0 Å². The predicted molar refractivity (Wildman–Crippen MR) is 74.9 cm³/mol. The van der Waals surface area contributed by atoms with Crippen LogP contribution in [0.5, 0.6) is 5.88 Å². The average Bonchev–Trinajstić information content (AvgIpc) is 3.04. The second kappa shape index (κ2) is 6.36. The molecule has 22 heavy (non-hydrogen) atoms. The fraction of sp³-hybridized carbons (Fsp3) is 0.312. The number of ether oxygens (including phenoxy) is 1. The molecule has 116 valence electrons. The van der Waals surface area contributed by atoms with E-state index < -0.39 is 29.6 Å². The summed E-state index contributed by atoms with van der Waals surface area (Å²) in [5.74, 6) is -4.11. The highest BCUT2D eigenvalue weighted by Gasteiger charge is 2.29. The summed E-state index contributed by atoms with van der Waals surface area (Å²) < 4.78 is 45.6. The lowest BCUT2D eigenvalue weighted by Crippen LogP contribution is -2.22. The first-order valence-electron chi connectivity index (χ1n) is 7.09. The number of benzene rings is 1. The first kappa shape index (κ1) is 14.8. The molecule has 3 rings (SSSR count). The van der Waals surface area contributed by atoms with E-state index in [9.17, 15) is 13.2 Å². The quantitative estimate of drug-likeness (QED) is 0.881. The van der Waals surface area contributed by atoms with Crippen LogP contribution in [0, 0.1) is 23.5 Å². The minimum absolute atomic E-state index is 0.108. The minimum atomic E-state index is -1.37. The van der Waals surface area contributed by atoms with Gasteiger partial charge in [-0.25, -0.2) is 8.78 Å². The zero-order valence-electron chi connectivity index (χ0n) is 11.7. The van der Waals surface area contributed by atoms with E-state index in [1.807, 2.05) is 30.3 Å². The van der Waals surface area contributed by atoms with Crippen LogP contribution in [0.2, 0.25) is 0 Å². The van der Waals surface area contributed by atoms with E-state index in [0.29, 0.717) is 12.6 Å². The Morgan fingerprint density at radius 2 is 1.91 bits per heavy atom. The summed E-state index contributed by atoms with van der Waals surface area (Å²) >= 11 is 0. The minimum Gasteiger partial charge on any atom is -0.467 e. The number of rotatable bonds is 4. The summed E-state index contributed by atoms with van der Waals surface area (Å²) in [6, 6.07) is 9.74. The van der Waals surface area contributed by atoms with Gasteiger partial charge < -0.3 is 10.1 Å². The SMILES string of the molecule is Fc1cc(F)c(O[C@H](c2ccccc2)C2CCNC2)nc1F. The molecule has 1 aliphatic rings. The fourth-order valence-corrected chi connectivity index (χ4v) is 2.65. The van der Waals surface area contributed by atoms with Crippen molar-refractivity contribution in [2.45, 2.75) is 12.5 Å². The Balaban J connectivity index is 1.92. The van der Waals surface area contributed by atoms with Crippen molar-refractivity contribution in [1.82, 2.24) is 10.3 Å². The second-order valence-corrected chi connectivity index (χ2v) is 5.25. The second-order valence-electron chi connectivity index (χ2n) is 5.25. The molecule has 1 fully saturated rings. The molecule has 3 nitrogen and oxygen atoms in total. The molecule has 2 atom stereocenters. The van der Waals surface area contributed by atoms with Gasteiger partial charge in [-0.2, -0.15) is 9.37 Å². The maximum Gasteiger partial charge on any atom is 0.253 e. The van der Waals surface area contributed by atoms with E-state index in [-0.39, 0.29) is 5.92 Å². The molecule has 1 unspecified atom stereocenters. The van der Waals surface area contributed by atoms with Gasteiger partial charge in [-0.05, 0) is 18.5 Å². The van der Waals surface area contributed by atoms with E-state index >= 15 is 0 Å². The summed E-state index contributed by atoms with van der Waals surface area (Å²) in [5, 5.41) is 3.22. The van der Waals surface area contributed by atoms with E-state index in [0.717, 1.165) is 18.5 Å². The van der Waals surface area contributed by atoms with Crippen molar-refractivity contribution in [3.8, 4) is 5.88 Å². The van der Waals surface area contributed by atoms with Gasteiger partial charge in [0.25, 0.3) is 11.8 Å². The summed E-state index contributed by atoms with van der Waals surface area (Å²) in [4.78, 5) is 3.25. The molecule has 0 saturated carbocycles. The molecular weight excluding hydrogens is 293 g/mol. The van der Waals surface area contributed by atoms with Crippen LogP contribution in [0.4, 0.5) is 13.2 Å². The summed E-state index contributed by atoms with van der Waals surface area (Å²) in [6.07, 6.45) is 0.383. The van der Waals surface area contributed by atoms with Gasteiger partial charge in [-0.1, -0.05) is 30.3 Å². The van der Waals surface area contributed by atoms with Gasteiger partial charge in [0.05, 0.1) is 0 Å². The van der Waals surface area contributed by atoms with Crippen LogP contribution in [0.25, 0.3) is 0 Å². The number of aromatic nitrogens is 1. The van der Waals surface area contributed by atoms with Gasteiger partial charge >= 0.3 is 0 Å². The highest BCUT2D eigenvalue weighted by molar-refractivity contribution is 5.22. The third-order valence-electron chi connectivity index (χ3n) is 3.75. The van der Waals surface area contributed by atoms with E-state index in [1.165, 1.54) is 0 Å². The zero-order valence-corrected chi connectivity index (χ0v) is 11.7. The van der Waals surface area contributed by atoms with Crippen LogP contribution in [-0.4, -0.2) is 18.1 Å². The lowest BCUT2D eigenvalue weighted by Gasteiger charge is -2.24. The monoisotopic (exact) mass is 308 g/mol.